The van der Waals surface area contributed by atoms with Gasteiger partial charge in [0.2, 0.25) is 11.2 Å². The largest absolute Gasteiger partial charge is 0.491 e. The highest BCUT2D eigenvalue weighted by Crippen LogP contribution is 2.40. The maximum atomic E-state index is 14.3. The van der Waals surface area contributed by atoms with E-state index in [-0.39, 0.29) is 34.3 Å². The molecule has 1 aliphatic carbocycles. The number of hydrogen-bond acceptors (Lipinski definition) is 4. The quantitative estimate of drug-likeness (QED) is 0.803. The van der Waals surface area contributed by atoms with E-state index < -0.39 is 23.0 Å². The highest BCUT2D eigenvalue weighted by Gasteiger charge is 2.30. The van der Waals surface area contributed by atoms with Gasteiger partial charge in [-0.1, -0.05) is 6.92 Å². The summed E-state index contributed by atoms with van der Waals surface area (Å²) in [4.78, 5) is 28.1. The molecule has 0 radical (unpaired) electrons. The van der Waals surface area contributed by atoms with E-state index in [0.717, 1.165) is 44.8 Å². The summed E-state index contributed by atoms with van der Waals surface area (Å²) < 4.78 is 35.1. The van der Waals surface area contributed by atoms with Gasteiger partial charge in [-0.2, -0.15) is 4.39 Å². The second-order valence-corrected chi connectivity index (χ2v) is 7.75. The summed E-state index contributed by atoms with van der Waals surface area (Å²) in [5.74, 6) is -3.10. The lowest BCUT2D eigenvalue weighted by Gasteiger charge is -2.23. The molecule has 156 valence electrons. The van der Waals surface area contributed by atoms with Crippen LogP contribution in [-0.2, 0) is 0 Å². The number of fused-ring (bicyclic) bond motifs is 1. The zero-order chi connectivity index (χ0) is 20.7. The van der Waals surface area contributed by atoms with Gasteiger partial charge in [-0.05, 0) is 44.8 Å². The topological polar surface area (TPSA) is 63.6 Å². The van der Waals surface area contributed by atoms with E-state index in [4.69, 9.17) is 4.74 Å². The van der Waals surface area contributed by atoms with Gasteiger partial charge >= 0.3 is 0 Å². The first-order valence-corrected chi connectivity index (χ1v) is 10.1. The average Bonchev–Trinajstić information content (AvgIpc) is 3.45. The normalized spacial score (nSPS) is 19.7. The number of ether oxygens (including phenoxy) is 1. The Morgan fingerprint density at radius 1 is 1.31 bits per heavy atom. The molecule has 1 atom stereocenters. The molecular weight excluding hydrogens is 380 g/mol. The maximum Gasteiger partial charge on any atom is 0.256 e. The monoisotopic (exact) mass is 405 g/mol. The number of halogens is 2. The molecule has 1 aromatic carbocycles. The number of pyridine rings is 1. The van der Waals surface area contributed by atoms with Gasteiger partial charge in [0.1, 0.15) is 5.56 Å². The first kappa shape index (κ1) is 19.8. The van der Waals surface area contributed by atoms with Crippen LogP contribution in [0.4, 0.5) is 8.78 Å². The molecule has 0 bridgehead atoms. The molecule has 1 saturated carbocycles. The fraction of sp³-hybridized carbons (Fsp3) is 0.524. The molecule has 1 unspecified atom stereocenters. The number of likely N-dealkylation sites (tertiary alicyclic amines) is 1. The molecule has 1 amide bonds. The smallest absolute Gasteiger partial charge is 0.256 e. The summed E-state index contributed by atoms with van der Waals surface area (Å²) in [6, 6.07) is 1.15. The number of nitrogens with one attached hydrogen (secondary N) is 1. The number of amides is 1. The summed E-state index contributed by atoms with van der Waals surface area (Å²) in [5, 5.41) is 2.81. The van der Waals surface area contributed by atoms with E-state index in [2.05, 4.69) is 17.1 Å². The predicted octanol–water partition coefficient (Wildman–Crippen LogP) is 2.84. The van der Waals surface area contributed by atoms with Crippen molar-refractivity contribution in [3.63, 3.8) is 0 Å². The molecule has 6 nitrogen and oxygen atoms in total. The summed E-state index contributed by atoms with van der Waals surface area (Å²) in [6.07, 6.45) is 5.23. The van der Waals surface area contributed by atoms with Crippen LogP contribution in [0.15, 0.2) is 17.1 Å². The van der Waals surface area contributed by atoms with E-state index >= 15 is 0 Å². The Morgan fingerprint density at radius 3 is 2.72 bits per heavy atom. The standard InChI is InChI=1S/C21H25F2N3O3/c1-3-25-8-4-5-13(25)10-24-21(28)15-11-26(12-6-7-12)18-14(19(15)27)9-16(22)17(23)20(18)29-2/h9,11-13H,3-8,10H2,1-2H3,(H,24,28). The van der Waals surface area contributed by atoms with E-state index in [1.54, 1.807) is 4.57 Å². The van der Waals surface area contributed by atoms with Gasteiger partial charge in [-0.25, -0.2) is 4.39 Å². The maximum absolute atomic E-state index is 14.3. The zero-order valence-corrected chi connectivity index (χ0v) is 16.6. The number of benzene rings is 1. The van der Waals surface area contributed by atoms with Crippen LogP contribution < -0.4 is 15.5 Å². The minimum Gasteiger partial charge on any atom is -0.491 e. The van der Waals surface area contributed by atoms with Crippen molar-refractivity contribution in [3.05, 3.63) is 39.7 Å². The first-order chi connectivity index (χ1) is 14.0. The van der Waals surface area contributed by atoms with Gasteiger partial charge < -0.3 is 14.6 Å². The minimum atomic E-state index is -1.17. The molecule has 1 aliphatic heterocycles. The number of hydrogen-bond donors (Lipinski definition) is 1. The molecule has 2 aromatic rings. The van der Waals surface area contributed by atoms with Crippen LogP contribution in [0.5, 0.6) is 5.75 Å². The second kappa shape index (κ2) is 7.74. The van der Waals surface area contributed by atoms with Crippen molar-refractivity contribution in [1.82, 2.24) is 14.8 Å². The van der Waals surface area contributed by atoms with Gasteiger partial charge in [0.05, 0.1) is 18.0 Å². The summed E-state index contributed by atoms with van der Waals surface area (Å²) in [7, 11) is 1.24. The average molecular weight is 405 g/mol. The third-order valence-electron chi connectivity index (χ3n) is 5.96. The lowest BCUT2D eigenvalue weighted by molar-refractivity contribution is 0.0939. The Balaban J connectivity index is 1.73. The number of carbonyl (C=O) groups excluding carboxylic acids is 1. The number of rotatable bonds is 6. The molecule has 2 fully saturated rings. The Bertz CT molecular complexity index is 1020. The zero-order valence-electron chi connectivity index (χ0n) is 16.6. The highest BCUT2D eigenvalue weighted by atomic mass is 19.2. The molecule has 2 aliphatic rings. The van der Waals surface area contributed by atoms with E-state index in [1.807, 2.05) is 0 Å². The lowest BCUT2D eigenvalue weighted by Crippen LogP contribution is -2.41. The molecule has 1 N–H and O–H groups in total. The number of methoxy groups -OCH3 is 1. The van der Waals surface area contributed by atoms with E-state index in [0.29, 0.717) is 6.54 Å². The van der Waals surface area contributed by atoms with Crippen LogP contribution in [0.2, 0.25) is 0 Å². The van der Waals surface area contributed by atoms with Crippen molar-refractivity contribution in [2.45, 2.75) is 44.7 Å². The first-order valence-electron chi connectivity index (χ1n) is 10.1. The number of likely N-dealkylation sites (N-methyl/N-ethyl adjacent to an activating group) is 1. The van der Waals surface area contributed by atoms with Crippen LogP contribution in [0.1, 0.15) is 49.0 Å². The summed E-state index contributed by atoms with van der Waals surface area (Å²) in [5.41, 5.74) is -0.479. The van der Waals surface area contributed by atoms with Crippen LogP contribution in [-0.4, -0.2) is 48.2 Å². The summed E-state index contributed by atoms with van der Waals surface area (Å²) in [6.45, 7) is 4.45. The molecule has 2 heterocycles. The second-order valence-electron chi connectivity index (χ2n) is 7.75. The van der Waals surface area contributed by atoms with Crippen molar-refractivity contribution in [2.75, 3.05) is 26.7 Å². The molecule has 0 spiro atoms. The third-order valence-corrected chi connectivity index (χ3v) is 5.96. The van der Waals surface area contributed by atoms with E-state index in [1.165, 1.54) is 13.3 Å². The Labute approximate surface area is 167 Å². The predicted molar refractivity (Wildman–Crippen MR) is 106 cm³/mol. The van der Waals surface area contributed by atoms with Crippen molar-refractivity contribution in [1.29, 1.82) is 0 Å². The molecule has 1 saturated heterocycles. The Morgan fingerprint density at radius 2 is 2.07 bits per heavy atom. The third kappa shape index (κ3) is 3.50. The van der Waals surface area contributed by atoms with Gasteiger partial charge in [-0.15, -0.1) is 0 Å². The van der Waals surface area contributed by atoms with Crippen molar-refractivity contribution < 1.29 is 18.3 Å². The molecule has 29 heavy (non-hydrogen) atoms. The SMILES string of the molecule is CCN1CCCC1CNC(=O)c1cn(C2CC2)c2c(OC)c(F)c(F)cc2c1=O. The van der Waals surface area contributed by atoms with Gasteiger partial charge in [0, 0.05) is 24.8 Å². The highest BCUT2D eigenvalue weighted by molar-refractivity contribution is 5.98. The molecular formula is C21H25F2N3O3. The summed E-state index contributed by atoms with van der Waals surface area (Å²) >= 11 is 0. The molecule has 1 aromatic heterocycles. The van der Waals surface area contributed by atoms with Crippen LogP contribution in [0, 0.1) is 11.6 Å². The van der Waals surface area contributed by atoms with Crippen LogP contribution in [0.3, 0.4) is 0 Å². The van der Waals surface area contributed by atoms with Crippen LogP contribution in [0.25, 0.3) is 10.9 Å². The fourth-order valence-electron chi connectivity index (χ4n) is 4.27. The van der Waals surface area contributed by atoms with Crippen molar-refractivity contribution >= 4 is 16.8 Å². The van der Waals surface area contributed by atoms with E-state index in [9.17, 15) is 18.4 Å². The number of aromatic nitrogens is 1. The fourth-order valence-corrected chi connectivity index (χ4v) is 4.27. The molecule has 4 rings (SSSR count). The Hall–Kier alpha value is -2.48. The molecule has 8 heteroatoms. The van der Waals surface area contributed by atoms with Gasteiger partial charge in [-0.3, -0.25) is 14.5 Å². The Kier molecular flexibility index (Phi) is 5.29. The number of nitrogens with zero attached hydrogens (tertiary/aromatic N) is 2. The van der Waals surface area contributed by atoms with Gasteiger partial charge in [0.25, 0.3) is 5.91 Å². The van der Waals surface area contributed by atoms with Crippen molar-refractivity contribution in [3.8, 4) is 5.75 Å². The number of carbonyl (C=O) groups is 1. The lowest BCUT2D eigenvalue weighted by atomic mass is 10.1. The van der Waals surface area contributed by atoms with Crippen molar-refractivity contribution in [2.24, 2.45) is 0 Å². The minimum absolute atomic E-state index is 0.0360. The van der Waals surface area contributed by atoms with Crippen LogP contribution >= 0.6 is 0 Å². The van der Waals surface area contributed by atoms with Gasteiger partial charge in [0.15, 0.2) is 11.6 Å².